The van der Waals surface area contributed by atoms with Crippen LogP contribution in [0, 0.1) is 0 Å². The molecule has 2 rings (SSSR count). The average molecular weight is 543 g/mol. The van der Waals surface area contributed by atoms with Crippen LogP contribution in [0.25, 0.3) is 0 Å². The van der Waals surface area contributed by atoms with Gasteiger partial charge in [-0.25, -0.2) is 9.59 Å². The largest absolute Gasteiger partial charge is 0.507 e. The third-order valence-corrected chi connectivity index (χ3v) is 5.72. The van der Waals surface area contributed by atoms with Gasteiger partial charge in [-0.2, -0.15) is 4.89 Å². The SMILES string of the molecule is CC(C)(C)OOC(=O)c1ccccc1C(=O)OCCOC(=O)CCc1cc(C(C)(C)C)c(O)c(C(C)(C)C)c1. The van der Waals surface area contributed by atoms with E-state index in [4.69, 9.17) is 19.2 Å². The number of aromatic hydroxyl groups is 1. The van der Waals surface area contributed by atoms with E-state index in [-0.39, 0.29) is 41.6 Å². The Bertz CT molecular complexity index is 1140. The number of hydrogen-bond donors (Lipinski definition) is 1. The van der Waals surface area contributed by atoms with Crippen molar-refractivity contribution in [3.05, 3.63) is 64.2 Å². The number of hydrogen-bond acceptors (Lipinski definition) is 8. The number of rotatable bonds is 9. The molecule has 0 aromatic heterocycles. The van der Waals surface area contributed by atoms with Crippen LogP contribution in [0.2, 0.25) is 0 Å². The van der Waals surface area contributed by atoms with Crippen molar-refractivity contribution >= 4 is 17.9 Å². The quantitative estimate of drug-likeness (QED) is 0.173. The van der Waals surface area contributed by atoms with Crippen molar-refractivity contribution in [3.8, 4) is 5.75 Å². The summed E-state index contributed by atoms with van der Waals surface area (Å²) in [5.74, 6) is -1.71. The molecule has 0 saturated carbocycles. The van der Waals surface area contributed by atoms with Crippen LogP contribution in [0.5, 0.6) is 5.75 Å². The number of aryl methyl sites for hydroxylation is 1. The minimum atomic E-state index is -0.817. The molecule has 0 radical (unpaired) electrons. The molecule has 1 N–H and O–H groups in total. The Morgan fingerprint density at radius 1 is 0.744 bits per heavy atom. The third-order valence-electron chi connectivity index (χ3n) is 5.72. The number of carbonyl (C=O) groups excluding carboxylic acids is 3. The number of phenolic OH excluding ortho intramolecular Hbond substituents is 1. The number of esters is 2. The topological polar surface area (TPSA) is 108 Å². The first-order valence-corrected chi connectivity index (χ1v) is 13.1. The van der Waals surface area contributed by atoms with Crippen molar-refractivity contribution in [2.24, 2.45) is 0 Å². The highest BCUT2D eigenvalue weighted by molar-refractivity contribution is 6.02. The van der Waals surface area contributed by atoms with Crippen LogP contribution >= 0.6 is 0 Å². The van der Waals surface area contributed by atoms with E-state index < -0.39 is 23.5 Å². The van der Waals surface area contributed by atoms with E-state index in [1.54, 1.807) is 32.9 Å². The highest BCUT2D eigenvalue weighted by Crippen LogP contribution is 2.40. The average Bonchev–Trinajstić information content (AvgIpc) is 2.82. The van der Waals surface area contributed by atoms with E-state index in [2.05, 4.69) is 0 Å². The van der Waals surface area contributed by atoms with Gasteiger partial charge < -0.3 is 14.6 Å². The molecule has 0 aliphatic carbocycles. The van der Waals surface area contributed by atoms with Crippen LogP contribution in [-0.2, 0) is 41.3 Å². The van der Waals surface area contributed by atoms with Gasteiger partial charge in [-0.05, 0) is 66.8 Å². The van der Waals surface area contributed by atoms with Gasteiger partial charge in [-0.15, -0.1) is 0 Å². The van der Waals surface area contributed by atoms with Gasteiger partial charge in [0.25, 0.3) is 0 Å². The summed E-state index contributed by atoms with van der Waals surface area (Å²) in [5, 5.41) is 10.9. The summed E-state index contributed by atoms with van der Waals surface area (Å²) in [6, 6.07) is 9.94. The van der Waals surface area contributed by atoms with Crippen LogP contribution < -0.4 is 0 Å². The lowest BCUT2D eigenvalue weighted by molar-refractivity contribution is -0.301. The van der Waals surface area contributed by atoms with Gasteiger partial charge in [0.1, 0.15) is 24.6 Å². The van der Waals surface area contributed by atoms with Crippen molar-refractivity contribution in [1.29, 1.82) is 0 Å². The molecular formula is C31H42O8. The van der Waals surface area contributed by atoms with Crippen molar-refractivity contribution in [3.63, 3.8) is 0 Å². The molecule has 0 atom stereocenters. The van der Waals surface area contributed by atoms with Crippen LogP contribution in [0.15, 0.2) is 36.4 Å². The summed E-state index contributed by atoms with van der Waals surface area (Å²) < 4.78 is 10.4. The molecule has 0 saturated heterocycles. The fourth-order valence-corrected chi connectivity index (χ4v) is 3.72. The standard InChI is InChI=1S/C31H42O8/c1-29(2,3)23-18-20(19-24(26(23)33)30(4,5)6)14-15-25(32)36-16-17-37-27(34)21-12-10-11-13-22(21)28(35)38-39-31(7,8)9/h10-13,18-19,33H,14-17H2,1-9H3. The van der Waals surface area contributed by atoms with Crippen LogP contribution in [0.4, 0.5) is 0 Å². The van der Waals surface area contributed by atoms with Gasteiger partial charge >= 0.3 is 17.9 Å². The maximum absolute atomic E-state index is 12.5. The monoisotopic (exact) mass is 542 g/mol. The Kier molecular flexibility index (Phi) is 10.3. The minimum absolute atomic E-state index is 0.00175. The van der Waals surface area contributed by atoms with Crippen molar-refractivity contribution in [2.45, 2.75) is 91.6 Å². The van der Waals surface area contributed by atoms with Crippen molar-refractivity contribution in [2.75, 3.05) is 13.2 Å². The van der Waals surface area contributed by atoms with E-state index in [1.807, 2.05) is 53.7 Å². The van der Waals surface area contributed by atoms with E-state index in [1.165, 1.54) is 12.1 Å². The summed E-state index contributed by atoms with van der Waals surface area (Å²) in [6.45, 7) is 17.1. The Hall–Kier alpha value is -3.39. The zero-order valence-electron chi connectivity index (χ0n) is 24.6. The molecule has 39 heavy (non-hydrogen) atoms. The Morgan fingerprint density at radius 3 is 1.72 bits per heavy atom. The molecule has 2 aromatic carbocycles. The van der Waals surface area contributed by atoms with Gasteiger partial charge in [0.15, 0.2) is 0 Å². The van der Waals surface area contributed by atoms with Gasteiger partial charge in [0.2, 0.25) is 0 Å². The lowest BCUT2D eigenvalue weighted by atomic mass is 9.78. The van der Waals surface area contributed by atoms with Gasteiger partial charge in [0, 0.05) is 6.42 Å². The number of phenols is 1. The maximum atomic E-state index is 12.5. The number of carbonyl (C=O) groups is 3. The van der Waals surface area contributed by atoms with Crippen molar-refractivity contribution < 1.29 is 38.7 Å². The summed E-state index contributed by atoms with van der Waals surface area (Å²) >= 11 is 0. The van der Waals surface area contributed by atoms with Gasteiger partial charge in [0.05, 0.1) is 11.1 Å². The van der Waals surface area contributed by atoms with E-state index in [0.29, 0.717) is 12.2 Å². The summed E-state index contributed by atoms with van der Waals surface area (Å²) in [5.41, 5.74) is 1.38. The summed E-state index contributed by atoms with van der Waals surface area (Å²) in [6.07, 6.45) is 0.575. The second-order valence-electron chi connectivity index (χ2n) is 12.5. The van der Waals surface area contributed by atoms with Gasteiger partial charge in [-0.3, -0.25) is 9.68 Å². The molecule has 0 amide bonds. The Morgan fingerprint density at radius 2 is 1.23 bits per heavy atom. The Labute approximate surface area is 231 Å². The fourth-order valence-electron chi connectivity index (χ4n) is 3.72. The van der Waals surface area contributed by atoms with E-state index in [0.717, 1.165) is 16.7 Å². The molecular weight excluding hydrogens is 500 g/mol. The summed E-state index contributed by atoms with van der Waals surface area (Å²) in [7, 11) is 0. The lowest BCUT2D eigenvalue weighted by Crippen LogP contribution is -2.23. The first kappa shape index (κ1) is 31.8. The highest BCUT2D eigenvalue weighted by atomic mass is 17.2. The number of benzene rings is 2. The molecule has 0 unspecified atom stereocenters. The molecule has 0 aliphatic heterocycles. The molecule has 2 aromatic rings. The minimum Gasteiger partial charge on any atom is -0.507 e. The highest BCUT2D eigenvalue weighted by Gasteiger charge is 2.27. The molecule has 0 fully saturated rings. The molecule has 214 valence electrons. The zero-order chi connectivity index (χ0) is 29.6. The molecule has 8 nitrogen and oxygen atoms in total. The van der Waals surface area contributed by atoms with Crippen LogP contribution in [-0.4, -0.2) is 41.8 Å². The molecule has 0 heterocycles. The van der Waals surface area contributed by atoms with Gasteiger partial charge in [-0.1, -0.05) is 65.8 Å². The Balaban J connectivity index is 1.93. The summed E-state index contributed by atoms with van der Waals surface area (Å²) in [4.78, 5) is 47.1. The molecule has 8 heteroatoms. The van der Waals surface area contributed by atoms with E-state index in [9.17, 15) is 19.5 Å². The predicted octanol–water partition coefficient (Wildman–Crippen LogP) is 6.21. The molecule has 0 bridgehead atoms. The lowest BCUT2D eigenvalue weighted by Gasteiger charge is -2.28. The normalized spacial score (nSPS) is 12.1. The smallest absolute Gasteiger partial charge is 0.373 e. The van der Waals surface area contributed by atoms with E-state index >= 15 is 0 Å². The zero-order valence-corrected chi connectivity index (χ0v) is 24.6. The first-order valence-electron chi connectivity index (χ1n) is 13.1. The van der Waals surface area contributed by atoms with Crippen molar-refractivity contribution in [1.82, 2.24) is 0 Å². The van der Waals surface area contributed by atoms with Crippen LogP contribution in [0.1, 0.15) is 106 Å². The third kappa shape index (κ3) is 9.70. The second-order valence-corrected chi connectivity index (χ2v) is 12.5. The number of ether oxygens (including phenoxy) is 2. The fraction of sp³-hybridized carbons (Fsp3) is 0.516. The molecule has 0 aliphatic rings. The predicted molar refractivity (Wildman–Crippen MR) is 148 cm³/mol. The first-order chi connectivity index (χ1) is 17.9. The molecule has 0 spiro atoms. The van der Waals surface area contributed by atoms with Crippen LogP contribution in [0.3, 0.4) is 0 Å². The maximum Gasteiger partial charge on any atom is 0.373 e. The second kappa shape index (κ2) is 12.6.